The Hall–Kier alpha value is -1.63. The topological polar surface area (TPSA) is 53.2 Å². The van der Waals surface area contributed by atoms with Gasteiger partial charge in [0.1, 0.15) is 4.21 Å². The molecule has 1 saturated heterocycles. The summed E-state index contributed by atoms with van der Waals surface area (Å²) in [7, 11) is -3.33. The maximum absolute atomic E-state index is 12.6. The summed E-state index contributed by atoms with van der Waals surface area (Å²) in [5.41, 5.74) is 2.24. The van der Waals surface area contributed by atoms with Crippen LogP contribution in [0.25, 0.3) is 10.9 Å². The quantitative estimate of drug-likeness (QED) is 0.799. The molecule has 3 heterocycles. The molecule has 1 fully saturated rings. The molecule has 3 aromatic rings. The van der Waals surface area contributed by atoms with Crippen molar-refractivity contribution in [2.24, 2.45) is 0 Å². The van der Waals surface area contributed by atoms with E-state index in [1.165, 1.54) is 16.7 Å². The maximum Gasteiger partial charge on any atom is 0.252 e. The molecule has 0 saturated carbocycles. The van der Waals surface area contributed by atoms with E-state index in [1.807, 2.05) is 18.2 Å². The zero-order valence-electron chi connectivity index (χ0n) is 11.9. The van der Waals surface area contributed by atoms with Crippen molar-refractivity contribution in [3.05, 3.63) is 53.5 Å². The average Bonchev–Trinajstić information content (AvgIpc) is 3.25. The van der Waals surface area contributed by atoms with Crippen LogP contribution in [0.2, 0.25) is 0 Å². The number of para-hydroxylation sites is 1. The van der Waals surface area contributed by atoms with E-state index in [1.54, 1.807) is 21.8 Å². The summed E-state index contributed by atoms with van der Waals surface area (Å²) in [5, 5.41) is 2.98. The fraction of sp³-hybridized carbons (Fsp3) is 0.250. The molecule has 1 unspecified atom stereocenters. The van der Waals surface area contributed by atoms with Crippen LogP contribution in [0.4, 0.5) is 0 Å². The standard InChI is InChI=1S/C16H16N2O2S2/c19-22(20,16-6-3-9-21-16)18-8-7-13(11-18)15-10-12-4-1-2-5-14(12)17-15/h1-6,9-10,13,17H,7-8,11H2. The number of nitrogens with zero attached hydrogens (tertiary/aromatic N) is 1. The van der Waals surface area contributed by atoms with Crippen molar-refractivity contribution in [3.8, 4) is 0 Å². The van der Waals surface area contributed by atoms with Crippen LogP contribution in [0.1, 0.15) is 18.0 Å². The number of sulfonamides is 1. The number of thiophene rings is 1. The molecule has 0 amide bonds. The van der Waals surface area contributed by atoms with E-state index in [4.69, 9.17) is 0 Å². The molecule has 4 rings (SSSR count). The Morgan fingerprint density at radius 3 is 2.82 bits per heavy atom. The summed E-state index contributed by atoms with van der Waals surface area (Å²) in [6.45, 7) is 1.13. The van der Waals surface area contributed by atoms with Gasteiger partial charge in [0.2, 0.25) is 0 Å². The second-order valence-corrected chi connectivity index (χ2v) is 8.71. The number of nitrogens with one attached hydrogen (secondary N) is 1. The third-order valence-electron chi connectivity index (χ3n) is 4.23. The Balaban J connectivity index is 1.60. The molecule has 0 spiro atoms. The highest BCUT2D eigenvalue weighted by molar-refractivity contribution is 7.91. The minimum absolute atomic E-state index is 0.238. The van der Waals surface area contributed by atoms with Gasteiger partial charge in [0.15, 0.2) is 0 Å². The molecule has 2 aromatic heterocycles. The maximum atomic E-state index is 12.6. The molecule has 1 aliphatic rings. The predicted octanol–water partition coefficient (Wildman–Crippen LogP) is 3.41. The highest BCUT2D eigenvalue weighted by Crippen LogP contribution is 2.33. The molecule has 0 radical (unpaired) electrons. The second-order valence-electron chi connectivity index (χ2n) is 5.59. The first-order valence-electron chi connectivity index (χ1n) is 7.26. The molecule has 1 atom stereocenters. The Morgan fingerprint density at radius 1 is 1.18 bits per heavy atom. The third-order valence-corrected chi connectivity index (χ3v) is 7.47. The lowest BCUT2D eigenvalue weighted by Crippen LogP contribution is -2.28. The smallest absolute Gasteiger partial charge is 0.252 e. The molecule has 0 bridgehead atoms. The minimum atomic E-state index is -3.33. The van der Waals surface area contributed by atoms with Crippen LogP contribution >= 0.6 is 11.3 Å². The highest BCUT2D eigenvalue weighted by atomic mass is 32.2. The van der Waals surface area contributed by atoms with Crippen LogP contribution in [0.3, 0.4) is 0 Å². The number of benzene rings is 1. The molecule has 22 heavy (non-hydrogen) atoms. The van der Waals surface area contributed by atoms with Crippen molar-refractivity contribution in [1.82, 2.24) is 9.29 Å². The van der Waals surface area contributed by atoms with E-state index in [0.717, 1.165) is 17.6 Å². The van der Waals surface area contributed by atoms with Crippen molar-refractivity contribution in [3.63, 3.8) is 0 Å². The number of hydrogen-bond acceptors (Lipinski definition) is 3. The monoisotopic (exact) mass is 332 g/mol. The lowest BCUT2D eigenvalue weighted by Gasteiger charge is -2.15. The first-order chi connectivity index (χ1) is 10.6. The van der Waals surface area contributed by atoms with Gasteiger partial charge in [0.05, 0.1) is 0 Å². The summed E-state index contributed by atoms with van der Waals surface area (Å²) in [5.74, 6) is 0.238. The largest absolute Gasteiger partial charge is 0.358 e. The van der Waals surface area contributed by atoms with Crippen molar-refractivity contribution >= 4 is 32.3 Å². The summed E-state index contributed by atoms with van der Waals surface area (Å²) >= 11 is 1.28. The van der Waals surface area contributed by atoms with Crippen LogP contribution in [0.5, 0.6) is 0 Å². The second kappa shape index (κ2) is 5.22. The number of fused-ring (bicyclic) bond motifs is 1. The average molecular weight is 332 g/mol. The Morgan fingerprint density at radius 2 is 2.05 bits per heavy atom. The molecule has 6 heteroatoms. The predicted molar refractivity (Wildman–Crippen MR) is 88.7 cm³/mol. The zero-order valence-corrected chi connectivity index (χ0v) is 13.5. The van der Waals surface area contributed by atoms with E-state index in [-0.39, 0.29) is 5.92 Å². The third kappa shape index (κ3) is 2.27. The first-order valence-corrected chi connectivity index (χ1v) is 9.58. The van der Waals surface area contributed by atoms with Crippen LogP contribution in [0, 0.1) is 0 Å². The summed E-state index contributed by atoms with van der Waals surface area (Å²) in [6.07, 6.45) is 0.859. The van der Waals surface area contributed by atoms with Crippen molar-refractivity contribution in [2.45, 2.75) is 16.5 Å². The lowest BCUT2D eigenvalue weighted by molar-refractivity contribution is 0.474. The highest BCUT2D eigenvalue weighted by Gasteiger charge is 2.34. The van der Waals surface area contributed by atoms with Gasteiger partial charge in [-0.3, -0.25) is 0 Å². The SMILES string of the molecule is O=S(=O)(c1cccs1)N1CCC(c2cc3ccccc3[nH]2)C1. The Bertz CT molecular complexity index is 864. The van der Waals surface area contributed by atoms with E-state index in [2.05, 4.69) is 17.1 Å². The van der Waals surface area contributed by atoms with Gasteiger partial charge in [0.25, 0.3) is 10.0 Å². The van der Waals surface area contributed by atoms with E-state index in [0.29, 0.717) is 17.3 Å². The molecule has 114 valence electrons. The van der Waals surface area contributed by atoms with Gasteiger partial charge in [-0.25, -0.2) is 8.42 Å². The molecule has 1 N–H and O–H groups in total. The van der Waals surface area contributed by atoms with E-state index >= 15 is 0 Å². The van der Waals surface area contributed by atoms with E-state index in [9.17, 15) is 8.42 Å². The molecular weight excluding hydrogens is 316 g/mol. The fourth-order valence-corrected chi connectivity index (χ4v) is 5.70. The number of H-pyrrole nitrogens is 1. The van der Waals surface area contributed by atoms with Crippen molar-refractivity contribution in [2.75, 3.05) is 13.1 Å². The van der Waals surface area contributed by atoms with Gasteiger partial charge < -0.3 is 4.98 Å². The van der Waals surface area contributed by atoms with Gasteiger partial charge in [0, 0.05) is 30.2 Å². The molecule has 1 aliphatic heterocycles. The van der Waals surface area contributed by atoms with E-state index < -0.39 is 10.0 Å². The number of aromatic amines is 1. The number of hydrogen-bond donors (Lipinski definition) is 1. The van der Waals surface area contributed by atoms with Crippen molar-refractivity contribution in [1.29, 1.82) is 0 Å². The van der Waals surface area contributed by atoms with Gasteiger partial charge in [-0.05, 0) is 35.4 Å². The van der Waals surface area contributed by atoms with Gasteiger partial charge in [-0.15, -0.1) is 11.3 Å². The molecular formula is C16H16N2O2S2. The van der Waals surface area contributed by atoms with Gasteiger partial charge in [-0.2, -0.15) is 4.31 Å². The van der Waals surface area contributed by atoms with Crippen LogP contribution in [-0.2, 0) is 10.0 Å². The van der Waals surface area contributed by atoms with Crippen LogP contribution < -0.4 is 0 Å². The molecule has 0 aliphatic carbocycles. The van der Waals surface area contributed by atoms with Crippen LogP contribution in [-0.4, -0.2) is 30.8 Å². The summed E-state index contributed by atoms with van der Waals surface area (Å²) in [4.78, 5) is 3.43. The lowest BCUT2D eigenvalue weighted by atomic mass is 10.1. The van der Waals surface area contributed by atoms with Gasteiger partial charge in [-0.1, -0.05) is 24.3 Å². The normalized spacial score (nSPS) is 19.9. The first kappa shape index (κ1) is 14.0. The summed E-state index contributed by atoms with van der Waals surface area (Å²) in [6, 6.07) is 13.7. The van der Waals surface area contributed by atoms with Crippen molar-refractivity contribution < 1.29 is 8.42 Å². The van der Waals surface area contributed by atoms with Crippen LogP contribution in [0.15, 0.2) is 52.1 Å². The Labute approximate surface area is 133 Å². The molecule has 1 aromatic carbocycles. The number of aromatic nitrogens is 1. The molecule has 4 nitrogen and oxygen atoms in total. The summed E-state index contributed by atoms with van der Waals surface area (Å²) < 4.78 is 27.2. The fourth-order valence-electron chi connectivity index (χ4n) is 3.05. The Kier molecular flexibility index (Phi) is 3.32. The minimum Gasteiger partial charge on any atom is -0.358 e. The zero-order chi connectivity index (χ0) is 15.2. The van der Waals surface area contributed by atoms with Gasteiger partial charge >= 0.3 is 0 Å². The number of rotatable bonds is 3.